The van der Waals surface area contributed by atoms with Crippen LogP contribution in [0.2, 0.25) is 15.2 Å². The van der Waals surface area contributed by atoms with Crippen molar-refractivity contribution >= 4 is 51.7 Å². The number of nitrogens with one attached hydrogen (secondary N) is 1. The minimum Gasteiger partial charge on any atom is -0.379 e. The molecule has 10 heteroatoms. The van der Waals surface area contributed by atoms with Crippen LogP contribution in [0.4, 0.5) is 5.69 Å². The van der Waals surface area contributed by atoms with Gasteiger partial charge in [-0.3, -0.25) is 0 Å². The topological polar surface area (TPSA) is 107 Å². The van der Waals surface area contributed by atoms with Gasteiger partial charge in [0.2, 0.25) is 0 Å². The molecule has 4 rings (SSSR count). The van der Waals surface area contributed by atoms with Gasteiger partial charge >= 0.3 is 0 Å². The van der Waals surface area contributed by atoms with Gasteiger partial charge in [-0.2, -0.15) is 5.26 Å². The normalized spacial score (nSPS) is 17.3. The number of aromatic nitrogens is 3. The minimum atomic E-state index is -1.50. The quantitative estimate of drug-likeness (QED) is 0.261. The summed E-state index contributed by atoms with van der Waals surface area (Å²) in [6, 6.07) is 9.70. The van der Waals surface area contributed by atoms with Gasteiger partial charge in [0.05, 0.1) is 18.1 Å². The predicted octanol–water partition coefficient (Wildman–Crippen LogP) is 6.60. The van der Waals surface area contributed by atoms with Crippen LogP contribution in [-0.4, -0.2) is 30.5 Å². The van der Waals surface area contributed by atoms with Crippen LogP contribution in [0.5, 0.6) is 0 Å². The van der Waals surface area contributed by atoms with E-state index < -0.39 is 5.79 Å². The van der Waals surface area contributed by atoms with Gasteiger partial charge in [-0.1, -0.05) is 48.7 Å². The Morgan fingerprint density at radius 3 is 2.47 bits per heavy atom. The van der Waals surface area contributed by atoms with E-state index in [1.807, 2.05) is 24.5 Å². The second-order valence-corrected chi connectivity index (χ2v) is 9.42. The highest BCUT2D eigenvalue weighted by Crippen LogP contribution is 2.37. The van der Waals surface area contributed by atoms with E-state index in [0.29, 0.717) is 21.7 Å². The zero-order valence-electron chi connectivity index (χ0n) is 19.7. The molecule has 0 aliphatic heterocycles. The summed E-state index contributed by atoms with van der Waals surface area (Å²) in [5, 5.41) is 30.3. The number of nitriles is 1. The lowest BCUT2D eigenvalue weighted by molar-refractivity contribution is -0.127. The van der Waals surface area contributed by atoms with Gasteiger partial charge in [-0.25, -0.2) is 9.97 Å². The first-order chi connectivity index (χ1) is 16.0. The van der Waals surface area contributed by atoms with E-state index in [9.17, 15) is 0 Å². The number of pyridine rings is 1. The molecule has 0 radical (unpaired) electrons. The van der Waals surface area contributed by atoms with Gasteiger partial charge in [0.15, 0.2) is 11.4 Å². The first kappa shape index (κ1) is 28.2. The lowest BCUT2D eigenvalue weighted by Gasteiger charge is -2.13. The number of fused-ring (bicyclic) bond motifs is 1. The fourth-order valence-electron chi connectivity index (χ4n) is 3.58. The summed E-state index contributed by atoms with van der Waals surface area (Å²) in [7, 11) is 0. The number of hydrogen-bond acceptors (Lipinski definition) is 6. The summed E-state index contributed by atoms with van der Waals surface area (Å²) in [4.78, 5) is 9.02. The second kappa shape index (κ2) is 12.6. The van der Waals surface area contributed by atoms with Crippen molar-refractivity contribution in [2.45, 2.75) is 65.3 Å². The molecule has 7 nitrogen and oxygen atoms in total. The molecular weight excluding hydrogens is 497 g/mol. The van der Waals surface area contributed by atoms with Gasteiger partial charge in [0.25, 0.3) is 0 Å². The van der Waals surface area contributed by atoms with E-state index in [-0.39, 0.29) is 12.0 Å². The van der Waals surface area contributed by atoms with E-state index in [2.05, 4.69) is 21.4 Å². The predicted molar refractivity (Wildman–Crippen MR) is 138 cm³/mol. The Balaban J connectivity index is 0.000000520. The Morgan fingerprint density at radius 1 is 1.18 bits per heavy atom. The number of aliphatic hydroxyl groups is 2. The molecule has 0 saturated heterocycles. The Labute approximate surface area is 215 Å². The highest BCUT2D eigenvalue weighted by atomic mass is 35.5. The molecule has 1 aromatic carbocycles. The van der Waals surface area contributed by atoms with E-state index in [4.69, 9.17) is 50.3 Å². The van der Waals surface area contributed by atoms with Crippen LogP contribution in [-0.2, 0) is 6.54 Å². The van der Waals surface area contributed by atoms with Gasteiger partial charge in [0, 0.05) is 34.6 Å². The van der Waals surface area contributed by atoms with Crippen molar-refractivity contribution in [1.82, 2.24) is 14.5 Å². The molecule has 3 N–H and O–H groups in total. The molecule has 2 heterocycles. The molecule has 2 atom stereocenters. The number of nitrogens with zero attached hydrogens (tertiary/aromatic N) is 4. The molecule has 34 heavy (non-hydrogen) atoms. The standard InChI is InChI=1S/C19H16Cl3N5.C3H8O2.C2H6/c20-13-2-4-15(21)12(6-13)9-24-16-7-17(22)26-19-18(16)25-10-27(19)14-3-1-11(5-14)8-23;1-3(2,4)5;1-2/h2,4,6-7,10-11,14H,1,3,5,9H2,(H,24,26);4-5H,1-2H3;1-2H3. The molecule has 2 aromatic heterocycles. The highest BCUT2D eigenvalue weighted by Gasteiger charge is 2.27. The molecule has 1 saturated carbocycles. The third kappa shape index (κ3) is 8.00. The van der Waals surface area contributed by atoms with Crippen LogP contribution in [0.15, 0.2) is 30.6 Å². The fourth-order valence-corrected chi connectivity index (χ4v) is 4.14. The van der Waals surface area contributed by atoms with Crippen LogP contribution >= 0.6 is 34.8 Å². The molecule has 0 bridgehead atoms. The number of benzene rings is 1. The van der Waals surface area contributed by atoms with Crippen molar-refractivity contribution in [3.8, 4) is 6.07 Å². The number of anilines is 1. The minimum absolute atomic E-state index is 0.0919. The zero-order valence-corrected chi connectivity index (χ0v) is 22.0. The van der Waals surface area contributed by atoms with Crippen molar-refractivity contribution in [3.05, 3.63) is 51.4 Å². The van der Waals surface area contributed by atoms with Crippen molar-refractivity contribution < 1.29 is 10.2 Å². The molecule has 184 valence electrons. The summed E-state index contributed by atoms with van der Waals surface area (Å²) in [5.74, 6) is -1.41. The van der Waals surface area contributed by atoms with Crippen LogP contribution in [0.25, 0.3) is 11.2 Å². The van der Waals surface area contributed by atoms with E-state index >= 15 is 0 Å². The van der Waals surface area contributed by atoms with E-state index in [1.165, 1.54) is 13.8 Å². The van der Waals surface area contributed by atoms with Crippen LogP contribution in [0.3, 0.4) is 0 Å². The maximum Gasteiger partial charge on any atom is 0.163 e. The maximum atomic E-state index is 9.16. The molecule has 0 spiro atoms. The number of rotatable bonds is 4. The molecule has 3 aromatic rings. The van der Waals surface area contributed by atoms with E-state index in [0.717, 1.165) is 41.7 Å². The molecular formula is C24H30Cl3N5O2. The van der Waals surface area contributed by atoms with Crippen LogP contribution in [0.1, 0.15) is 58.6 Å². The fraction of sp³-hybridized carbons (Fsp3) is 0.458. The third-order valence-corrected chi connectivity index (χ3v) is 5.75. The van der Waals surface area contributed by atoms with Crippen LogP contribution < -0.4 is 5.32 Å². The number of imidazole rings is 1. The average Bonchev–Trinajstić information content (AvgIpc) is 3.41. The largest absolute Gasteiger partial charge is 0.379 e. The van der Waals surface area contributed by atoms with Crippen molar-refractivity contribution in [2.24, 2.45) is 5.92 Å². The molecule has 1 aliphatic rings. The molecule has 2 unspecified atom stereocenters. The van der Waals surface area contributed by atoms with Crippen molar-refractivity contribution in [2.75, 3.05) is 5.32 Å². The number of halogens is 3. The Morgan fingerprint density at radius 2 is 1.85 bits per heavy atom. The average molecular weight is 527 g/mol. The third-order valence-electron chi connectivity index (χ3n) is 4.96. The summed E-state index contributed by atoms with van der Waals surface area (Å²) in [5.41, 5.74) is 3.15. The lowest BCUT2D eigenvalue weighted by atomic mass is 10.1. The van der Waals surface area contributed by atoms with Crippen molar-refractivity contribution in [1.29, 1.82) is 5.26 Å². The summed E-state index contributed by atoms with van der Waals surface area (Å²) < 4.78 is 2.04. The first-order valence-electron chi connectivity index (χ1n) is 11.1. The first-order valence-corrected chi connectivity index (χ1v) is 12.2. The Bertz CT molecular complexity index is 1130. The zero-order chi connectivity index (χ0) is 25.5. The smallest absolute Gasteiger partial charge is 0.163 e. The van der Waals surface area contributed by atoms with Gasteiger partial charge in [0.1, 0.15) is 10.7 Å². The summed E-state index contributed by atoms with van der Waals surface area (Å²) in [6.45, 7) is 7.08. The highest BCUT2D eigenvalue weighted by molar-refractivity contribution is 6.33. The number of hydrogen-bond donors (Lipinski definition) is 3. The van der Waals surface area contributed by atoms with Gasteiger partial charge in [-0.15, -0.1) is 0 Å². The SMILES string of the molecule is CC.CC(C)(O)O.N#CC1CCC(n2cnc3c(NCc4cc(Cl)ccc4Cl)cc(Cl)nc32)C1. The molecule has 1 fully saturated rings. The van der Waals surface area contributed by atoms with Gasteiger partial charge in [-0.05, 0) is 56.9 Å². The lowest BCUT2D eigenvalue weighted by Crippen LogP contribution is -2.15. The van der Waals surface area contributed by atoms with Gasteiger partial charge < -0.3 is 20.1 Å². The molecule has 1 aliphatic carbocycles. The monoisotopic (exact) mass is 525 g/mol. The Hall–Kier alpha value is -2.08. The maximum absolute atomic E-state index is 9.16. The van der Waals surface area contributed by atoms with Crippen molar-refractivity contribution in [3.63, 3.8) is 0 Å². The summed E-state index contributed by atoms with van der Waals surface area (Å²) in [6.07, 6.45) is 4.45. The molecule has 0 amide bonds. The second-order valence-electron chi connectivity index (χ2n) is 8.19. The Kier molecular flexibility index (Phi) is 10.4. The van der Waals surface area contributed by atoms with E-state index in [1.54, 1.807) is 24.5 Å². The van der Waals surface area contributed by atoms with Crippen LogP contribution in [0, 0.1) is 17.2 Å². The summed E-state index contributed by atoms with van der Waals surface area (Å²) >= 11 is 18.6.